The molecule has 168 valence electrons. The Hall–Kier alpha value is -2.78. The molecule has 0 radical (unpaired) electrons. The highest BCUT2D eigenvalue weighted by atomic mass is 32.2. The zero-order valence-corrected chi connectivity index (χ0v) is 18.7. The lowest BCUT2D eigenvalue weighted by molar-refractivity contribution is -0.133. The van der Waals surface area contributed by atoms with Gasteiger partial charge in [0.2, 0.25) is 10.0 Å². The molecule has 3 rings (SSSR count). The summed E-state index contributed by atoms with van der Waals surface area (Å²) in [4.78, 5) is 16.7. The van der Waals surface area contributed by atoms with Crippen LogP contribution in [0.2, 0.25) is 0 Å². The van der Waals surface area contributed by atoms with E-state index in [1.165, 1.54) is 12.1 Å². The Balaban J connectivity index is 1.47. The SMILES string of the molecule is CCCNS(=O)(=O)c1ccc(OCC(=O)N2CCN(c3ccc(OC)cc3)CC2)cc1. The van der Waals surface area contributed by atoms with Gasteiger partial charge in [-0.25, -0.2) is 13.1 Å². The van der Waals surface area contributed by atoms with Gasteiger partial charge in [-0.1, -0.05) is 6.92 Å². The Morgan fingerprint density at radius 1 is 0.968 bits per heavy atom. The molecule has 1 amide bonds. The van der Waals surface area contributed by atoms with Gasteiger partial charge in [0.15, 0.2) is 6.61 Å². The van der Waals surface area contributed by atoms with Crippen molar-refractivity contribution in [2.24, 2.45) is 0 Å². The summed E-state index contributed by atoms with van der Waals surface area (Å²) in [5.41, 5.74) is 1.10. The average Bonchev–Trinajstić information content (AvgIpc) is 2.81. The zero-order chi connectivity index (χ0) is 22.3. The molecule has 2 aromatic carbocycles. The van der Waals surface area contributed by atoms with Crippen molar-refractivity contribution >= 4 is 21.6 Å². The normalized spacial score (nSPS) is 14.4. The third kappa shape index (κ3) is 6.11. The Morgan fingerprint density at radius 3 is 2.16 bits per heavy atom. The van der Waals surface area contributed by atoms with E-state index >= 15 is 0 Å². The Kier molecular flexibility index (Phi) is 7.75. The van der Waals surface area contributed by atoms with E-state index < -0.39 is 10.0 Å². The van der Waals surface area contributed by atoms with Gasteiger partial charge in [0.1, 0.15) is 11.5 Å². The topological polar surface area (TPSA) is 88.2 Å². The molecule has 1 aliphatic heterocycles. The Labute approximate surface area is 183 Å². The number of benzene rings is 2. The predicted molar refractivity (Wildman–Crippen MR) is 119 cm³/mol. The number of carbonyl (C=O) groups is 1. The molecule has 31 heavy (non-hydrogen) atoms. The second-order valence-electron chi connectivity index (χ2n) is 7.22. The standard InChI is InChI=1S/C22H29N3O5S/c1-3-12-23-31(27,28)21-10-8-20(9-11-21)30-17-22(26)25-15-13-24(14-16-25)18-4-6-19(29-2)7-5-18/h4-11,23H,3,12-17H2,1-2H3. The lowest BCUT2D eigenvalue weighted by atomic mass is 10.2. The van der Waals surface area contributed by atoms with Crippen LogP contribution in [0.5, 0.6) is 11.5 Å². The summed E-state index contributed by atoms with van der Waals surface area (Å²) >= 11 is 0. The van der Waals surface area contributed by atoms with Crippen LogP contribution in [0.25, 0.3) is 0 Å². The van der Waals surface area contributed by atoms with Gasteiger partial charge in [-0.3, -0.25) is 4.79 Å². The number of sulfonamides is 1. The quantitative estimate of drug-likeness (QED) is 0.634. The van der Waals surface area contributed by atoms with Crippen LogP contribution in [0, 0.1) is 0 Å². The van der Waals surface area contributed by atoms with Crippen LogP contribution in [-0.2, 0) is 14.8 Å². The average molecular weight is 448 g/mol. The summed E-state index contributed by atoms with van der Waals surface area (Å²) < 4.78 is 37.5. The van der Waals surface area contributed by atoms with E-state index in [2.05, 4.69) is 9.62 Å². The molecular weight excluding hydrogens is 418 g/mol. The smallest absolute Gasteiger partial charge is 0.260 e. The number of amides is 1. The number of methoxy groups -OCH3 is 1. The second kappa shape index (κ2) is 10.5. The predicted octanol–water partition coefficient (Wildman–Crippen LogP) is 2.11. The molecule has 0 unspecified atom stereocenters. The third-order valence-corrected chi connectivity index (χ3v) is 6.59. The molecule has 1 heterocycles. The highest BCUT2D eigenvalue weighted by molar-refractivity contribution is 7.89. The zero-order valence-electron chi connectivity index (χ0n) is 17.9. The molecule has 2 aromatic rings. The summed E-state index contributed by atoms with van der Waals surface area (Å²) in [7, 11) is -1.87. The van der Waals surface area contributed by atoms with Gasteiger partial charge in [0.05, 0.1) is 12.0 Å². The molecule has 1 saturated heterocycles. The first kappa shape index (κ1) is 22.9. The van der Waals surface area contributed by atoms with Crippen LogP contribution < -0.4 is 19.1 Å². The fourth-order valence-electron chi connectivity index (χ4n) is 3.28. The molecule has 1 fully saturated rings. The maximum atomic E-state index is 12.5. The first-order valence-corrected chi connectivity index (χ1v) is 11.8. The van der Waals surface area contributed by atoms with Crippen LogP contribution in [0.3, 0.4) is 0 Å². The molecule has 1 aliphatic rings. The number of carbonyl (C=O) groups excluding carboxylic acids is 1. The van der Waals surface area contributed by atoms with E-state index in [1.54, 1.807) is 24.1 Å². The summed E-state index contributed by atoms with van der Waals surface area (Å²) in [6.07, 6.45) is 0.719. The van der Waals surface area contributed by atoms with Crippen LogP contribution >= 0.6 is 0 Å². The number of ether oxygens (including phenoxy) is 2. The minimum atomic E-state index is -3.51. The molecule has 0 saturated carbocycles. The van der Waals surface area contributed by atoms with Crippen LogP contribution in [-0.4, -0.2) is 65.7 Å². The first-order chi connectivity index (χ1) is 14.9. The van der Waals surface area contributed by atoms with E-state index in [1.807, 2.05) is 31.2 Å². The van der Waals surface area contributed by atoms with E-state index in [-0.39, 0.29) is 17.4 Å². The summed E-state index contributed by atoms with van der Waals surface area (Å²) in [5.74, 6) is 1.19. The summed E-state index contributed by atoms with van der Waals surface area (Å²) in [6.45, 7) is 4.94. The van der Waals surface area contributed by atoms with Crippen molar-refractivity contribution in [2.75, 3.05) is 51.3 Å². The molecule has 9 heteroatoms. The molecule has 1 N–H and O–H groups in total. The van der Waals surface area contributed by atoms with Gasteiger partial charge in [0.25, 0.3) is 5.91 Å². The van der Waals surface area contributed by atoms with Crippen molar-refractivity contribution in [1.82, 2.24) is 9.62 Å². The van der Waals surface area contributed by atoms with Gasteiger partial charge >= 0.3 is 0 Å². The lowest BCUT2D eigenvalue weighted by Crippen LogP contribution is -2.50. The summed E-state index contributed by atoms with van der Waals surface area (Å²) in [6, 6.07) is 14.0. The number of hydrogen-bond donors (Lipinski definition) is 1. The minimum Gasteiger partial charge on any atom is -0.497 e. The lowest BCUT2D eigenvalue weighted by Gasteiger charge is -2.36. The largest absolute Gasteiger partial charge is 0.497 e. The van der Waals surface area contributed by atoms with Crippen LogP contribution in [0.4, 0.5) is 5.69 Å². The number of rotatable bonds is 9. The van der Waals surface area contributed by atoms with E-state index in [0.29, 0.717) is 25.4 Å². The monoisotopic (exact) mass is 447 g/mol. The fourth-order valence-corrected chi connectivity index (χ4v) is 4.41. The highest BCUT2D eigenvalue weighted by Gasteiger charge is 2.22. The van der Waals surface area contributed by atoms with Gasteiger partial charge in [-0.2, -0.15) is 0 Å². The molecule has 0 atom stereocenters. The minimum absolute atomic E-state index is 0.0806. The Morgan fingerprint density at radius 2 is 1.58 bits per heavy atom. The van der Waals surface area contributed by atoms with Gasteiger partial charge < -0.3 is 19.3 Å². The van der Waals surface area contributed by atoms with Gasteiger partial charge in [-0.15, -0.1) is 0 Å². The molecule has 0 bridgehead atoms. The summed E-state index contributed by atoms with van der Waals surface area (Å²) in [5, 5.41) is 0. The first-order valence-electron chi connectivity index (χ1n) is 10.3. The van der Waals surface area contributed by atoms with E-state index in [9.17, 15) is 13.2 Å². The molecule has 0 spiro atoms. The molecule has 0 aromatic heterocycles. The highest BCUT2D eigenvalue weighted by Crippen LogP contribution is 2.21. The van der Waals surface area contributed by atoms with Crippen molar-refractivity contribution in [3.05, 3.63) is 48.5 Å². The Bertz CT molecular complexity index is 954. The van der Waals surface area contributed by atoms with Crippen molar-refractivity contribution in [1.29, 1.82) is 0 Å². The number of hydrogen-bond acceptors (Lipinski definition) is 6. The van der Waals surface area contributed by atoms with Crippen molar-refractivity contribution in [3.8, 4) is 11.5 Å². The fraction of sp³-hybridized carbons (Fsp3) is 0.409. The van der Waals surface area contributed by atoms with E-state index in [0.717, 1.165) is 30.9 Å². The number of piperazine rings is 1. The number of nitrogens with one attached hydrogen (secondary N) is 1. The third-order valence-electron chi connectivity index (χ3n) is 5.11. The maximum Gasteiger partial charge on any atom is 0.260 e. The number of anilines is 1. The molecule has 8 nitrogen and oxygen atoms in total. The van der Waals surface area contributed by atoms with E-state index in [4.69, 9.17) is 9.47 Å². The van der Waals surface area contributed by atoms with Gasteiger partial charge in [-0.05, 0) is 55.0 Å². The van der Waals surface area contributed by atoms with Gasteiger partial charge in [0, 0.05) is 38.4 Å². The van der Waals surface area contributed by atoms with Crippen LogP contribution in [0.15, 0.2) is 53.4 Å². The van der Waals surface area contributed by atoms with Crippen molar-refractivity contribution in [3.63, 3.8) is 0 Å². The molecule has 0 aliphatic carbocycles. The van der Waals surface area contributed by atoms with Crippen molar-refractivity contribution in [2.45, 2.75) is 18.2 Å². The second-order valence-corrected chi connectivity index (χ2v) is 8.99. The number of nitrogens with zero attached hydrogens (tertiary/aromatic N) is 2. The maximum absolute atomic E-state index is 12.5. The van der Waals surface area contributed by atoms with Crippen LogP contribution in [0.1, 0.15) is 13.3 Å². The van der Waals surface area contributed by atoms with Crippen molar-refractivity contribution < 1.29 is 22.7 Å². The molecular formula is C22H29N3O5S.